The molecule has 186 valence electrons. The van der Waals surface area contributed by atoms with E-state index in [9.17, 15) is 39.6 Å². The van der Waals surface area contributed by atoms with E-state index >= 15 is 0 Å². The summed E-state index contributed by atoms with van der Waals surface area (Å²) >= 11 is 0. The number of amides is 2. The molecule has 0 radical (unpaired) electrons. The van der Waals surface area contributed by atoms with Crippen LogP contribution >= 0.6 is 0 Å². The molecule has 2 aromatic carbocycles. The van der Waals surface area contributed by atoms with Gasteiger partial charge in [-0.05, 0) is 23.8 Å². The number of alkyl halides is 6. The average Bonchev–Trinajstić information content (AvgIpc) is 2.77. The first-order valence-corrected chi connectivity index (χ1v) is 11.0. The highest BCUT2D eigenvalue weighted by molar-refractivity contribution is 7.89. The van der Waals surface area contributed by atoms with Crippen molar-refractivity contribution in [2.45, 2.75) is 17.2 Å². The fourth-order valence-corrected chi connectivity index (χ4v) is 3.80. The second kappa shape index (κ2) is 9.87. The molecule has 2 amide bonds. The molecule has 0 spiro atoms. The lowest BCUT2D eigenvalue weighted by atomic mass is 10.0. The summed E-state index contributed by atoms with van der Waals surface area (Å²) in [6.07, 6.45) is -8.81. The molecule has 3 aromatic rings. The van der Waals surface area contributed by atoms with Gasteiger partial charge in [-0.3, -0.25) is 5.32 Å². The van der Waals surface area contributed by atoms with Crippen LogP contribution in [0.25, 0.3) is 11.1 Å². The van der Waals surface area contributed by atoms with Gasteiger partial charge in [0.1, 0.15) is 12.2 Å². The lowest BCUT2D eigenvalue weighted by Gasteiger charge is -2.15. The third-order valence-electron chi connectivity index (χ3n) is 4.27. The van der Waals surface area contributed by atoms with Crippen LogP contribution in [0.5, 0.6) is 0 Å². The molecule has 0 aliphatic carbocycles. The molecule has 0 aliphatic rings. The Kier molecular flexibility index (Phi) is 7.30. The minimum Gasteiger partial charge on any atom is -0.307 e. The van der Waals surface area contributed by atoms with Gasteiger partial charge in [0.2, 0.25) is 16.0 Å². The zero-order valence-electron chi connectivity index (χ0n) is 17.3. The van der Waals surface area contributed by atoms with Crippen LogP contribution in [0.15, 0.2) is 65.7 Å². The molecule has 0 atom stereocenters. The first-order valence-electron chi connectivity index (χ1n) is 9.49. The highest BCUT2D eigenvalue weighted by Gasteiger charge is 2.33. The molecule has 0 saturated heterocycles. The Bertz CT molecular complexity index is 1310. The van der Waals surface area contributed by atoms with E-state index in [1.165, 1.54) is 10.8 Å². The van der Waals surface area contributed by atoms with Gasteiger partial charge in [-0.2, -0.15) is 26.3 Å². The van der Waals surface area contributed by atoms with Gasteiger partial charge in [0.15, 0.2) is 0 Å². The summed E-state index contributed by atoms with van der Waals surface area (Å²) < 4.78 is 102. The van der Waals surface area contributed by atoms with Crippen LogP contribution in [-0.4, -0.2) is 37.1 Å². The van der Waals surface area contributed by atoms with Crippen molar-refractivity contribution in [1.29, 1.82) is 0 Å². The van der Waals surface area contributed by atoms with Crippen LogP contribution in [0.3, 0.4) is 0 Å². The second-order valence-electron chi connectivity index (χ2n) is 6.86. The van der Waals surface area contributed by atoms with Crippen LogP contribution in [0, 0.1) is 0 Å². The Labute approximate surface area is 194 Å². The third kappa shape index (κ3) is 7.13. The smallest absolute Gasteiger partial charge is 0.307 e. The molecule has 15 heteroatoms. The molecule has 0 fully saturated rings. The topological polar surface area (TPSA) is 113 Å². The van der Waals surface area contributed by atoms with Crippen molar-refractivity contribution in [2.24, 2.45) is 0 Å². The molecule has 3 N–H and O–H groups in total. The Balaban J connectivity index is 1.92. The molecule has 0 aliphatic heterocycles. The Morgan fingerprint density at radius 3 is 2.23 bits per heavy atom. The molecule has 1 heterocycles. The highest BCUT2D eigenvalue weighted by Crippen LogP contribution is 2.31. The number of nitrogens with zero attached hydrogens (tertiary/aromatic N) is 2. The zero-order valence-corrected chi connectivity index (χ0v) is 18.1. The minimum atomic E-state index is -4.80. The number of rotatable bonds is 6. The summed E-state index contributed by atoms with van der Waals surface area (Å²) in [7, 11) is -4.62. The van der Waals surface area contributed by atoms with Gasteiger partial charge >= 0.3 is 18.4 Å². The predicted molar refractivity (Wildman–Crippen MR) is 113 cm³/mol. The number of hydrogen-bond acceptors (Lipinski definition) is 5. The van der Waals surface area contributed by atoms with E-state index in [1.807, 2.05) is 5.32 Å². The van der Waals surface area contributed by atoms with E-state index in [4.69, 9.17) is 0 Å². The molecule has 0 saturated carbocycles. The number of anilines is 2. The lowest BCUT2D eigenvalue weighted by molar-refractivity contribution is -0.141. The summed E-state index contributed by atoms with van der Waals surface area (Å²) in [5.74, 6) is -0.686. The number of hydrogen-bond donors (Lipinski definition) is 3. The fourth-order valence-electron chi connectivity index (χ4n) is 2.76. The molecule has 0 unspecified atom stereocenters. The van der Waals surface area contributed by atoms with E-state index < -0.39 is 51.5 Å². The molecular weight excluding hydrogens is 504 g/mol. The molecule has 3 rings (SSSR count). The van der Waals surface area contributed by atoms with Crippen LogP contribution in [0.4, 0.5) is 42.8 Å². The molecule has 8 nitrogen and oxygen atoms in total. The molecule has 0 bridgehead atoms. The number of carbonyl (C=O) groups is 1. The Morgan fingerprint density at radius 2 is 1.60 bits per heavy atom. The number of halogens is 6. The zero-order chi connectivity index (χ0) is 25.9. The third-order valence-corrected chi connectivity index (χ3v) is 5.67. The second-order valence-corrected chi connectivity index (χ2v) is 8.62. The summed E-state index contributed by atoms with van der Waals surface area (Å²) in [6.45, 7) is -1.81. The normalized spacial score (nSPS) is 12.3. The highest BCUT2D eigenvalue weighted by atomic mass is 32.2. The van der Waals surface area contributed by atoms with Crippen molar-refractivity contribution in [3.8, 4) is 11.1 Å². The first kappa shape index (κ1) is 25.9. The Morgan fingerprint density at radius 1 is 0.914 bits per heavy atom. The van der Waals surface area contributed by atoms with Gasteiger partial charge in [-0.25, -0.2) is 27.9 Å². The largest absolute Gasteiger partial charge is 0.433 e. The van der Waals surface area contributed by atoms with E-state index in [2.05, 4.69) is 15.3 Å². The summed E-state index contributed by atoms with van der Waals surface area (Å²) in [5, 5.41) is 4.27. The van der Waals surface area contributed by atoms with Crippen molar-refractivity contribution in [2.75, 3.05) is 17.2 Å². The number of urea groups is 1. The van der Waals surface area contributed by atoms with Gasteiger partial charge < -0.3 is 5.32 Å². The van der Waals surface area contributed by atoms with Gasteiger partial charge in [-0.1, -0.05) is 36.4 Å². The van der Waals surface area contributed by atoms with Crippen LogP contribution in [0.1, 0.15) is 5.69 Å². The van der Waals surface area contributed by atoms with E-state index in [0.29, 0.717) is 11.6 Å². The molecule has 35 heavy (non-hydrogen) atoms. The maximum Gasteiger partial charge on any atom is 0.433 e. The summed E-state index contributed by atoms with van der Waals surface area (Å²) in [4.78, 5) is 18.6. The van der Waals surface area contributed by atoms with Crippen molar-refractivity contribution in [1.82, 2.24) is 14.7 Å². The van der Waals surface area contributed by atoms with Crippen LogP contribution < -0.4 is 15.4 Å². The van der Waals surface area contributed by atoms with Gasteiger partial charge in [0.05, 0.1) is 10.6 Å². The number of nitrogens with one attached hydrogen (secondary N) is 3. The predicted octanol–water partition coefficient (Wildman–Crippen LogP) is 4.65. The minimum absolute atomic E-state index is 0.157. The SMILES string of the molecule is O=C(Nc1nccc(C(F)(F)F)n1)Nc1cc(S(=O)(=O)NCC(F)(F)F)ccc1-c1ccccc1. The first-order chi connectivity index (χ1) is 16.2. The number of carbonyl (C=O) groups excluding carboxylic acids is 1. The number of aromatic nitrogens is 2. The van der Waals surface area contributed by atoms with Crippen molar-refractivity contribution < 1.29 is 39.6 Å². The standard InChI is InChI=1S/C20H15F6N5O3S/c21-19(22,23)11-28-35(33,34)13-6-7-14(12-4-2-1-3-5-12)15(10-13)29-18(32)31-17-27-9-8-16(30-17)20(24,25)26/h1-10,28H,11H2,(H2,27,29,30,31,32). The number of sulfonamides is 1. The summed E-state index contributed by atoms with van der Waals surface area (Å²) in [6, 6.07) is 10.9. The van der Waals surface area contributed by atoms with Crippen molar-refractivity contribution >= 4 is 27.7 Å². The maximum absolute atomic E-state index is 12.8. The quantitative estimate of drug-likeness (QED) is 0.411. The van der Waals surface area contributed by atoms with Crippen LogP contribution in [-0.2, 0) is 16.2 Å². The van der Waals surface area contributed by atoms with E-state index in [1.54, 1.807) is 30.3 Å². The van der Waals surface area contributed by atoms with Gasteiger partial charge in [0, 0.05) is 11.8 Å². The van der Waals surface area contributed by atoms with Crippen LogP contribution in [0.2, 0.25) is 0 Å². The van der Waals surface area contributed by atoms with E-state index in [-0.39, 0.29) is 11.3 Å². The van der Waals surface area contributed by atoms with E-state index in [0.717, 1.165) is 18.3 Å². The Hall–Kier alpha value is -3.72. The lowest BCUT2D eigenvalue weighted by Crippen LogP contribution is -2.33. The summed E-state index contributed by atoms with van der Waals surface area (Å²) in [5.41, 5.74) is -0.682. The molecule has 1 aromatic heterocycles. The van der Waals surface area contributed by atoms with Gasteiger partial charge in [-0.15, -0.1) is 0 Å². The van der Waals surface area contributed by atoms with Crippen molar-refractivity contribution in [3.05, 3.63) is 66.5 Å². The van der Waals surface area contributed by atoms with Gasteiger partial charge in [0.25, 0.3) is 0 Å². The maximum atomic E-state index is 12.8. The number of benzene rings is 2. The monoisotopic (exact) mass is 519 g/mol. The molecular formula is C20H15F6N5O3S. The average molecular weight is 519 g/mol. The van der Waals surface area contributed by atoms with Crippen molar-refractivity contribution in [3.63, 3.8) is 0 Å². The fraction of sp³-hybridized carbons (Fsp3) is 0.150.